The van der Waals surface area contributed by atoms with E-state index in [2.05, 4.69) is 12.6 Å². The molecule has 0 saturated carbocycles. The van der Waals surface area contributed by atoms with Crippen LogP contribution in [-0.2, 0) is 10.0 Å². The fourth-order valence-electron chi connectivity index (χ4n) is 1.11. The minimum absolute atomic E-state index is 0.0880. The molecule has 0 amide bonds. The van der Waals surface area contributed by atoms with Crippen molar-refractivity contribution < 1.29 is 8.42 Å². The second kappa shape index (κ2) is 2.71. The summed E-state index contributed by atoms with van der Waals surface area (Å²) in [5, 5.41) is -0.0880. The Kier molecular flexibility index (Phi) is 2.27. The lowest BCUT2D eigenvalue weighted by atomic mass is 10.4. The Bertz CT molecular complexity index is 212. The monoisotopic (exact) mass is 181 g/mol. The summed E-state index contributed by atoms with van der Waals surface area (Å²) in [5.74, 6) is 0. The van der Waals surface area contributed by atoms with Crippen molar-refractivity contribution >= 4 is 22.7 Å². The Labute approximate surface area is 66.9 Å². The Morgan fingerprint density at radius 1 is 1.60 bits per heavy atom. The predicted molar refractivity (Wildman–Crippen MR) is 43.6 cm³/mol. The zero-order chi connectivity index (χ0) is 7.78. The van der Waals surface area contributed by atoms with Gasteiger partial charge in [0.25, 0.3) is 0 Å². The molecule has 1 saturated heterocycles. The van der Waals surface area contributed by atoms with E-state index < -0.39 is 10.0 Å². The van der Waals surface area contributed by atoms with Crippen molar-refractivity contribution in [2.75, 3.05) is 12.8 Å². The highest BCUT2D eigenvalue weighted by Crippen LogP contribution is 2.22. The fourth-order valence-corrected chi connectivity index (χ4v) is 2.93. The second-order valence-electron chi connectivity index (χ2n) is 2.50. The quantitative estimate of drug-likeness (QED) is 0.591. The molecule has 0 radical (unpaired) electrons. The lowest BCUT2D eigenvalue weighted by Gasteiger charge is -2.16. The molecule has 1 atom stereocenters. The first-order valence-electron chi connectivity index (χ1n) is 3.17. The number of thiol groups is 1. The maximum absolute atomic E-state index is 10.9. The van der Waals surface area contributed by atoms with Gasteiger partial charge in [0.15, 0.2) is 0 Å². The van der Waals surface area contributed by atoms with Gasteiger partial charge >= 0.3 is 0 Å². The summed E-state index contributed by atoms with van der Waals surface area (Å²) >= 11 is 4.13. The first kappa shape index (κ1) is 8.36. The highest BCUT2D eigenvalue weighted by Gasteiger charge is 2.28. The maximum Gasteiger partial charge on any atom is 0.212 e. The summed E-state index contributed by atoms with van der Waals surface area (Å²) in [6.45, 7) is 0.632. The van der Waals surface area contributed by atoms with Crippen LogP contribution in [0.1, 0.15) is 12.8 Å². The molecule has 0 aromatic carbocycles. The van der Waals surface area contributed by atoms with Gasteiger partial charge in [0.2, 0.25) is 10.0 Å². The van der Waals surface area contributed by atoms with Crippen LogP contribution in [0.15, 0.2) is 0 Å². The van der Waals surface area contributed by atoms with Crippen LogP contribution in [0.25, 0.3) is 0 Å². The lowest BCUT2D eigenvalue weighted by Crippen LogP contribution is -2.31. The van der Waals surface area contributed by atoms with E-state index in [1.807, 2.05) is 0 Å². The van der Waals surface area contributed by atoms with Gasteiger partial charge in [-0.3, -0.25) is 0 Å². The van der Waals surface area contributed by atoms with Crippen LogP contribution in [-0.4, -0.2) is 30.9 Å². The standard InChI is InChI=1S/C5H11NO2S2/c1-10(7,8)6-4-2-3-5(6)9/h5,9H,2-4H2,1H3. The number of rotatable bonds is 1. The molecule has 0 aliphatic carbocycles. The Morgan fingerprint density at radius 3 is 2.40 bits per heavy atom. The second-order valence-corrected chi connectivity index (χ2v) is 5.03. The molecule has 5 heteroatoms. The fraction of sp³-hybridized carbons (Fsp3) is 1.00. The molecule has 1 fully saturated rings. The van der Waals surface area contributed by atoms with Gasteiger partial charge in [-0.1, -0.05) is 0 Å². The van der Waals surface area contributed by atoms with Gasteiger partial charge in [0, 0.05) is 6.54 Å². The minimum Gasteiger partial charge on any atom is -0.212 e. The summed E-state index contributed by atoms with van der Waals surface area (Å²) in [5.41, 5.74) is 0. The molecule has 0 N–H and O–H groups in total. The number of sulfonamides is 1. The third kappa shape index (κ3) is 1.65. The number of nitrogens with zero attached hydrogens (tertiary/aromatic N) is 1. The normalized spacial score (nSPS) is 29.2. The molecule has 0 aromatic rings. The van der Waals surface area contributed by atoms with Gasteiger partial charge in [-0.25, -0.2) is 8.42 Å². The SMILES string of the molecule is CS(=O)(=O)N1CCCC1S. The first-order chi connectivity index (χ1) is 4.52. The minimum atomic E-state index is -2.99. The molecule has 1 unspecified atom stereocenters. The molecule has 1 rings (SSSR count). The van der Waals surface area contributed by atoms with E-state index in [1.54, 1.807) is 0 Å². The zero-order valence-corrected chi connectivity index (χ0v) is 7.53. The summed E-state index contributed by atoms with van der Waals surface area (Å²) < 4.78 is 23.3. The van der Waals surface area contributed by atoms with E-state index in [0.717, 1.165) is 12.8 Å². The largest absolute Gasteiger partial charge is 0.212 e. The molecule has 0 bridgehead atoms. The molecule has 60 valence electrons. The molecule has 0 spiro atoms. The van der Waals surface area contributed by atoms with E-state index in [-0.39, 0.29) is 5.37 Å². The molecule has 1 heterocycles. The van der Waals surface area contributed by atoms with Gasteiger partial charge in [-0.05, 0) is 12.8 Å². The molecule has 3 nitrogen and oxygen atoms in total. The summed E-state index contributed by atoms with van der Waals surface area (Å²) in [7, 11) is -2.99. The highest BCUT2D eigenvalue weighted by atomic mass is 32.2. The summed E-state index contributed by atoms with van der Waals surface area (Å²) in [6.07, 6.45) is 3.03. The molecular formula is C5H11NO2S2. The van der Waals surface area contributed by atoms with Crippen LogP contribution in [0.2, 0.25) is 0 Å². The van der Waals surface area contributed by atoms with Gasteiger partial charge < -0.3 is 0 Å². The van der Waals surface area contributed by atoms with Gasteiger partial charge in [0.05, 0.1) is 11.6 Å². The molecule has 0 aromatic heterocycles. The molecule has 1 aliphatic heterocycles. The molecule has 10 heavy (non-hydrogen) atoms. The van der Waals surface area contributed by atoms with Crippen LogP contribution in [0.3, 0.4) is 0 Å². The van der Waals surface area contributed by atoms with E-state index >= 15 is 0 Å². The summed E-state index contributed by atoms with van der Waals surface area (Å²) in [6, 6.07) is 0. The van der Waals surface area contributed by atoms with Crippen molar-refractivity contribution in [1.82, 2.24) is 4.31 Å². The Morgan fingerprint density at radius 2 is 2.20 bits per heavy atom. The van der Waals surface area contributed by atoms with E-state index in [0.29, 0.717) is 6.54 Å². The van der Waals surface area contributed by atoms with Crippen molar-refractivity contribution in [1.29, 1.82) is 0 Å². The third-order valence-corrected chi connectivity index (χ3v) is 3.58. The van der Waals surface area contributed by atoms with Crippen LogP contribution >= 0.6 is 12.6 Å². The van der Waals surface area contributed by atoms with Crippen LogP contribution in [0.5, 0.6) is 0 Å². The molecular weight excluding hydrogens is 170 g/mol. The Balaban J connectivity index is 2.74. The van der Waals surface area contributed by atoms with E-state index in [1.165, 1.54) is 10.6 Å². The number of hydrogen-bond donors (Lipinski definition) is 1. The van der Waals surface area contributed by atoms with E-state index in [4.69, 9.17) is 0 Å². The van der Waals surface area contributed by atoms with Crippen LogP contribution in [0.4, 0.5) is 0 Å². The first-order valence-corrected chi connectivity index (χ1v) is 5.53. The topological polar surface area (TPSA) is 37.4 Å². The highest BCUT2D eigenvalue weighted by molar-refractivity contribution is 7.89. The predicted octanol–water partition coefficient (Wildman–Crippen LogP) is 0.298. The third-order valence-electron chi connectivity index (χ3n) is 1.60. The van der Waals surface area contributed by atoms with Crippen molar-refractivity contribution in [3.63, 3.8) is 0 Å². The molecule has 1 aliphatic rings. The summed E-state index contributed by atoms with van der Waals surface area (Å²) in [4.78, 5) is 0. The van der Waals surface area contributed by atoms with Crippen LogP contribution in [0, 0.1) is 0 Å². The average Bonchev–Trinajstić information content (AvgIpc) is 2.11. The van der Waals surface area contributed by atoms with Crippen molar-refractivity contribution in [3.05, 3.63) is 0 Å². The van der Waals surface area contributed by atoms with E-state index in [9.17, 15) is 8.42 Å². The smallest absolute Gasteiger partial charge is 0.212 e. The maximum atomic E-state index is 10.9. The van der Waals surface area contributed by atoms with Crippen molar-refractivity contribution in [3.8, 4) is 0 Å². The van der Waals surface area contributed by atoms with Gasteiger partial charge in [0.1, 0.15) is 0 Å². The Hall–Kier alpha value is 0.260. The van der Waals surface area contributed by atoms with Crippen molar-refractivity contribution in [2.45, 2.75) is 18.2 Å². The van der Waals surface area contributed by atoms with Crippen LogP contribution < -0.4 is 0 Å². The average molecular weight is 181 g/mol. The van der Waals surface area contributed by atoms with Gasteiger partial charge in [-0.15, -0.1) is 0 Å². The number of hydrogen-bond acceptors (Lipinski definition) is 3. The zero-order valence-electron chi connectivity index (χ0n) is 5.82. The lowest BCUT2D eigenvalue weighted by molar-refractivity contribution is 0.466. The van der Waals surface area contributed by atoms with Crippen molar-refractivity contribution in [2.24, 2.45) is 0 Å². The van der Waals surface area contributed by atoms with Gasteiger partial charge in [-0.2, -0.15) is 16.9 Å².